The van der Waals surface area contributed by atoms with Gasteiger partial charge in [-0.1, -0.05) is 55.3 Å². The summed E-state index contributed by atoms with van der Waals surface area (Å²) in [5.41, 5.74) is 3.32. The molecule has 1 unspecified atom stereocenters. The normalized spacial score (nSPS) is 12.4. The first-order chi connectivity index (χ1) is 12.8. The predicted octanol–water partition coefficient (Wildman–Crippen LogP) is 3.98. The van der Waals surface area contributed by atoms with Gasteiger partial charge in [-0.25, -0.2) is 4.68 Å². The Hall–Kier alpha value is -1.85. The van der Waals surface area contributed by atoms with E-state index < -0.39 is 0 Å². The maximum absolute atomic E-state index is 12.7. The van der Waals surface area contributed by atoms with Crippen LogP contribution in [-0.2, 0) is 6.54 Å². The van der Waals surface area contributed by atoms with E-state index in [4.69, 9.17) is 11.6 Å². The van der Waals surface area contributed by atoms with Crippen molar-refractivity contribution in [2.45, 2.75) is 47.1 Å². The molecule has 148 valence electrons. The molecule has 1 aromatic carbocycles. The maximum atomic E-state index is 12.7. The minimum absolute atomic E-state index is 0.127. The number of nitrogens with one attached hydrogen (secondary N) is 1. The Morgan fingerprint density at radius 2 is 1.93 bits per heavy atom. The minimum Gasteiger partial charge on any atom is -0.396 e. The van der Waals surface area contributed by atoms with Crippen LogP contribution in [0.1, 0.15) is 53.9 Å². The first-order valence-corrected chi connectivity index (χ1v) is 9.87. The second-order valence-electron chi connectivity index (χ2n) is 7.61. The van der Waals surface area contributed by atoms with Crippen molar-refractivity contribution in [2.24, 2.45) is 11.8 Å². The Kier molecular flexibility index (Phi) is 7.87. The van der Waals surface area contributed by atoms with Crippen LogP contribution in [-0.4, -0.2) is 33.9 Å². The standard InChI is InChI=1S/C21H30ClN3O2/c1-14(2)11-18(9-10-26)12-23-21(27)19-16(4)24-25(20(19)22)13-17-7-5-15(3)6-8-17/h5-8,14,18,26H,9-13H2,1-4H3,(H,23,27). The lowest BCUT2D eigenvalue weighted by atomic mass is 9.94. The number of aliphatic hydroxyl groups is 1. The van der Waals surface area contributed by atoms with Crippen LogP contribution >= 0.6 is 11.6 Å². The van der Waals surface area contributed by atoms with Gasteiger partial charge in [0.2, 0.25) is 0 Å². The third-order valence-electron chi connectivity index (χ3n) is 4.64. The highest BCUT2D eigenvalue weighted by Gasteiger charge is 2.21. The smallest absolute Gasteiger partial charge is 0.256 e. The van der Waals surface area contributed by atoms with Gasteiger partial charge in [0.05, 0.1) is 17.8 Å². The zero-order valence-electron chi connectivity index (χ0n) is 16.6. The molecule has 2 rings (SSSR count). The van der Waals surface area contributed by atoms with E-state index in [1.807, 2.05) is 31.2 Å². The number of rotatable bonds is 9. The van der Waals surface area contributed by atoms with Crippen molar-refractivity contribution in [1.82, 2.24) is 15.1 Å². The van der Waals surface area contributed by atoms with E-state index in [2.05, 4.69) is 24.3 Å². The van der Waals surface area contributed by atoms with Crippen molar-refractivity contribution in [3.8, 4) is 0 Å². The molecule has 0 aliphatic heterocycles. The third kappa shape index (κ3) is 6.08. The van der Waals surface area contributed by atoms with Gasteiger partial charge in [-0.2, -0.15) is 5.10 Å². The highest BCUT2D eigenvalue weighted by molar-refractivity contribution is 6.33. The lowest BCUT2D eigenvalue weighted by molar-refractivity contribution is 0.0941. The number of benzene rings is 1. The summed E-state index contributed by atoms with van der Waals surface area (Å²) in [7, 11) is 0. The van der Waals surface area contributed by atoms with Crippen molar-refractivity contribution in [3.63, 3.8) is 0 Å². The van der Waals surface area contributed by atoms with Crippen LogP contribution in [0.5, 0.6) is 0 Å². The summed E-state index contributed by atoms with van der Waals surface area (Å²) in [5, 5.41) is 17.0. The number of hydrogen-bond donors (Lipinski definition) is 2. The summed E-state index contributed by atoms with van der Waals surface area (Å²) in [5.74, 6) is 0.557. The molecule has 1 atom stereocenters. The molecule has 0 saturated heterocycles. The fourth-order valence-electron chi connectivity index (χ4n) is 3.26. The number of aryl methyl sites for hydroxylation is 2. The number of hydrogen-bond acceptors (Lipinski definition) is 3. The van der Waals surface area contributed by atoms with Crippen LogP contribution in [0.3, 0.4) is 0 Å². The highest BCUT2D eigenvalue weighted by Crippen LogP contribution is 2.22. The van der Waals surface area contributed by atoms with E-state index in [0.717, 1.165) is 12.0 Å². The molecule has 0 saturated carbocycles. The molecule has 27 heavy (non-hydrogen) atoms. The van der Waals surface area contributed by atoms with Gasteiger partial charge in [0.15, 0.2) is 0 Å². The summed E-state index contributed by atoms with van der Waals surface area (Å²) >= 11 is 6.47. The number of aliphatic hydroxyl groups excluding tert-OH is 1. The minimum atomic E-state index is -0.209. The van der Waals surface area contributed by atoms with Crippen LogP contribution in [0.2, 0.25) is 5.15 Å². The van der Waals surface area contributed by atoms with E-state index in [-0.39, 0.29) is 18.4 Å². The number of carbonyl (C=O) groups is 1. The van der Waals surface area contributed by atoms with Crippen molar-refractivity contribution >= 4 is 17.5 Å². The molecule has 2 N–H and O–H groups in total. The molecule has 1 amide bonds. The predicted molar refractivity (Wildman–Crippen MR) is 109 cm³/mol. The monoisotopic (exact) mass is 391 g/mol. The SMILES string of the molecule is Cc1ccc(Cn2nc(C)c(C(=O)NCC(CCO)CC(C)C)c2Cl)cc1. The number of amides is 1. The molecule has 0 fully saturated rings. The van der Waals surface area contributed by atoms with Gasteiger partial charge >= 0.3 is 0 Å². The van der Waals surface area contributed by atoms with E-state index >= 15 is 0 Å². The van der Waals surface area contributed by atoms with Gasteiger partial charge in [-0.15, -0.1) is 0 Å². The fraction of sp³-hybridized carbons (Fsp3) is 0.524. The number of aromatic nitrogens is 2. The molecule has 1 aromatic heterocycles. The van der Waals surface area contributed by atoms with Crippen molar-refractivity contribution in [3.05, 3.63) is 51.8 Å². The maximum Gasteiger partial charge on any atom is 0.256 e. The molecule has 0 aliphatic carbocycles. The Labute approximate surface area is 166 Å². The number of halogens is 1. The van der Waals surface area contributed by atoms with Gasteiger partial charge in [-0.3, -0.25) is 4.79 Å². The fourth-order valence-corrected chi connectivity index (χ4v) is 3.58. The Morgan fingerprint density at radius 3 is 2.52 bits per heavy atom. The Balaban J connectivity index is 2.07. The first-order valence-electron chi connectivity index (χ1n) is 9.49. The summed E-state index contributed by atoms with van der Waals surface area (Å²) in [6.07, 6.45) is 1.64. The van der Waals surface area contributed by atoms with Crippen LogP contribution in [0, 0.1) is 25.7 Å². The molecule has 0 radical (unpaired) electrons. The van der Waals surface area contributed by atoms with Crippen LogP contribution in [0.15, 0.2) is 24.3 Å². The average Bonchev–Trinajstić information content (AvgIpc) is 2.88. The summed E-state index contributed by atoms with van der Waals surface area (Å²) in [6, 6.07) is 8.16. The molecular weight excluding hydrogens is 362 g/mol. The Bertz CT molecular complexity index is 754. The molecule has 0 bridgehead atoms. The van der Waals surface area contributed by atoms with Crippen molar-refractivity contribution < 1.29 is 9.90 Å². The van der Waals surface area contributed by atoms with Crippen molar-refractivity contribution in [1.29, 1.82) is 0 Å². The molecule has 0 spiro atoms. The van der Waals surface area contributed by atoms with Gasteiger partial charge in [-0.05, 0) is 44.1 Å². The molecule has 5 nitrogen and oxygen atoms in total. The topological polar surface area (TPSA) is 67.2 Å². The molecule has 0 aliphatic rings. The van der Waals surface area contributed by atoms with E-state index in [0.29, 0.717) is 41.8 Å². The zero-order valence-corrected chi connectivity index (χ0v) is 17.4. The van der Waals surface area contributed by atoms with E-state index in [9.17, 15) is 9.90 Å². The first kappa shape index (κ1) is 21.5. The number of nitrogens with zero attached hydrogens (tertiary/aromatic N) is 2. The quantitative estimate of drug-likeness (QED) is 0.679. The zero-order chi connectivity index (χ0) is 20.0. The highest BCUT2D eigenvalue weighted by atomic mass is 35.5. The summed E-state index contributed by atoms with van der Waals surface area (Å²) in [4.78, 5) is 12.7. The van der Waals surface area contributed by atoms with Crippen LogP contribution in [0.25, 0.3) is 0 Å². The molecule has 1 heterocycles. The number of carbonyl (C=O) groups excluding carboxylic acids is 1. The summed E-state index contributed by atoms with van der Waals surface area (Å²) in [6.45, 7) is 9.29. The molecule has 2 aromatic rings. The Morgan fingerprint density at radius 1 is 1.26 bits per heavy atom. The second kappa shape index (κ2) is 9.90. The van der Waals surface area contributed by atoms with Crippen LogP contribution < -0.4 is 5.32 Å². The lowest BCUT2D eigenvalue weighted by Gasteiger charge is -2.18. The average molecular weight is 392 g/mol. The van der Waals surface area contributed by atoms with Crippen LogP contribution in [0.4, 0.5) is 0 Å². The van der Waals surface area contributed by atoms with E-state index in [1.165, 1.54) is 5.56 Å². The largest absolute Gasteiger partial charge is 0.396 e. The third-order valence-corrected chi connectivity index (χ3v) is 5.02. The van der Waals surface area contributed by atoms with Gasteiger partial charge in [0.25, 0.3) is 5.91 Å². The second-order valence-corrected chi connectivity index (χ2v) is 7.97. The van der Waals surface area contributed by atoms with Crippen molar-refractivity contribution in [2.75, 3.05) is 13.2 Å². The molecule has 6 heteroatoms. The summed E-state index contributed by atoms with van der Waals surface area (Å²) < 4.78 is 1.66. The molecular formula is C21H30ClN3O2. The van der Waals surface area contributed by atoms with Gasteiger partial charge < -0.3 is 10.4 Å². The van der Waals surface area contributed by atoms with E-state index in [1.54, 1.807) is 11.6 Å². The lowest BCUT2D eigenvalue weighted by Crippen LogP contribution is -2.30. The van der Waals surface area contributed by atoms with Gasteiger partial charge in [0, 0.05) is 13.2 Å². The van der Waals surface area contributed by atoms with Gasteiger partial charge in [0.1, 0.15) is 5.15 Å².